The molecule has 4 heteroatoms. The summed E-state index contributed by atoms with van der Waals surface area (Å²) in [6, 6.07) is 6.64. The summed E-state index contributed by atoms with van der Waals surface area (Å²) in [7, 11) is 4.20. The van der Waals surface area contributed by atoms with Crippen molar-refractivity contribution in [1.82, 2.24) is 4.90 Å². The molecule has 1 aromatic carbocycles. The normalized spacial score (nSPS) is 16.2. The lowest BCUT2D eigenvalue weighted by atomic mass is 10.0. The van der Waals surface area contributed by atoms with Crippen LogP contribution < -0.4 is 15.2 Å². The number of hydrogen-bond acceptors (Lipinski definition) is 4. The van der Waals surface area contributed by atoms with Crippen molar-refractivity contribution in [3.8, 4) is 11.5 Å². The van der Waals surface area contributed by atoms with E-state index in [4.69, 9.17) is 15.2 Å². The molecule has 2 N–H and O–H groups in total. The van der Waals surface area contributed by atoms with E-state index in [2.05, 4.69) is 31.1 Å². The number of hydrogen-bond donors (Lipinski definition) is 1. The number of fused-ring (bicyclic) bond motifs is 1. The van der Waals surface area contributed by atoms with Gasteiger partial charge in [-0.15, -0.1) is 0 Å². The lowest BCUT2D eigenvalue weighted by Gasteiger charge is -2.25. The summed E-state index contributed by atoms with van der Waals surface area (Å²) >= 11 is 0. The first-order chi connectivity index (χ1) is 9.22. The maximum atomic E-state index is 5.76. The lowest BCUT2D eigenvalue weighted by molar-refractivity contribution is 0.278. The molecule has 106 valence electrons. The van der Waals surface area contributed by atoms with Crippen LogP contribution in [0.5, 0.6) is 11.5 Å². The highest BCUT2D eigenvalue weighted by Crippen LogP contribution is 2.34. The largest absolute Gasteiger partial charge is 0.490 e. The van der Waals surface area contributed by atoms with Gasteiger partial charge in [0.1, 0.15) is 0 Å². The highest BCUT2D eigenvalue weighted by Gasteiger charge is 2.17. The van der Waals surface area contributed by atoms with E-state index in [1.165, 1.54) is 5.56 Å². The minimum Gasteiger partial charge on any atom is -0.490 e. The number of rotatable bonds is 5. The van der Waals surface area contributed by atoms with Crippen molar-refractivity contribution >= 4 is 0 Å². The second-order valence-electron chi connectivity index (χ2n) is 5.17. The summed E-state index contributed by atoms with van der Waals surface area (Å²) in [5, 5.41) is 0. The van der Waals surface area contributed by atoms with Gasteiger partial charge in [-0.1, -0.05) is 6.07 Å². The van der Waals surface area contributed by atoms with E-state index in [9.17, 15) is 0 Å². The molecule has 0 bridgehead atoms. The van der Waals surface area contributed by atoms with Crippen LogP contribution in [0.1, 0.15) is 30.9 Å². The summed E-state index contributed by atoms with van der Waals surface area (Å²) < 4.78 is 11.4. The average molecular weight is 264 g/mol. The first kappa shape index (κ1) is 14.2. The fourth-order valence-electron chi connectivity index (χ4n) is 2.42. The predicted molar refractivity (Wildman–Crippen MR) is 76.8 cm³/mol. The first-order valence-electron chi connectivity index (χ1n) is 6.98. The van der Waals surface area contributed by atoms with Gasteiger partial charge in [0.2, 0.25) is 0 Å². The van der Waals surface area contributed by atoms with Crippen molar-refractivity contribution < 1.29 is 9.47 Å². The molecule has 1 aromatic rings. The second kappa shape index (κ2) is 6.78. The molecule has 1 heterocycles. The average Bonchev–Trinajstić information content (AvgIpc) is 2.63. The van der Waals surface area contributed by atoms with Crippen LogP contribution in [0.2, 0.25) is 0 Å². The molecule has 0 amide bonds. The molecule has 0 radical (unpaired) electrons. The van der Waals surface area contributed by atoms with Crippen molar-refractivity contribution in [1.29, 1.82) is 0 Å². The molecule has 1 unspecified atom stereocenters. The molecule has 0 spiro atoms. The third kappa shape index (κ3) is 3.61. The summed E-state index contributed by atoms with van der Waals surface area (Å²) in [5.74, 6) is 1.73. The summed E-state index contributed by atoms with van der Waals surface area (Å²) in [6.07, 6.45) is 3.02. The van der Waals surface area contributed by atoms with Gasteiger partial charge in [-0.05, 0) is 51.2 Å². The second-order valence-corrected chi connectivity index (χ2v) is 5.17. The maximum Gasteiger partial charge on any atom is 0.161 e. The van der Waals surface area contributed by atoms with Crippen LogP contribution in [0.3, 0.4) is 0 Å². The Labute approximate surface area is 115 Å². The third-order valence-electron chi connectivity index (χ3n) is 3.46. The van der Waals surface area contributed by atoms with Gasteiger partial charge in [0.15, 0.2) is 11.5 Å². The van der Waals surface area contributed by atoms with Gasteiger partial charge in [0.05, 0.1) is 13.2 Å². The van der Waals surface area contributed by atoms with Crippen molar-refractivity contribution in [3.05, 3.63) is 23.8 Å². The van der Waals surface area contributed by atoms with Crippen molar-refractivity contribution in [3.63, 3.8) is 0 Å². The zero-order chi connectivity index (χ0) is 13.7. The minimum atomic E-state index is 0.376. The standard InChI is InChI=1S/C15H24N2O2/c1-17(2)13(5-3-8-16)12-6-7-14-15(11-12)19-10-4-9-18-14/h6-7,11,13H,3-5,8-10,16H2,1-2H3. The van der Waals surface area contributed by atoms with Gasteiger partial charge >= 0.3 is 0 Å². The molecule has 19 heavy (non-hydrogen) atoms. The monoisotopic (exact) mass is 264 g/mol. The molecule has 0 aromatic heterocycles. The van der Waals surface area contributed by atoms with Crippen molar-refractivity contribution in [2.45, 2.75) is 25.3 Å². The van der Waals surface area contributed by atoms with E-state index in [-0.39, 0.29) is 0 Å². The van der Waals surface area contributed by atoms with E-state index >= 15 is 0 Å². The molecular weight excluding hydrogens is 240 g/mol. The Hall–Kier alpha value is -1.26. The van der Waals surface area contributed by atoms with Gasteiger partial charge in [-0.3, -0.25) is 0 Å². The Morgan fingerprint density at radius 3 is 2.63 bits per heavy atom. The van der Waals surface area contributed by atoms with Gasteiger partial charge < -0.3 is 20.1 Å². The van der Waals surface area contributed by atoms with Gasteiger partial charge in [0.25, 0.3) is 0 Å². The van der Waals surface area contributed by atoms with Gasteiger partial charge in [-0.2, -0.15) is 0 Å². The van der Waals surface area contributed by atoms with E-state index in [1.54, 1.807) is 0 Å². The molecule has 2 rings (SSSR count). The molecule has 0 fully saturated rings. The molecule has 1 atom stereocenters. The molecular formula is C15H24N2O2. The fraction of sp³-hybridized carbons (Fsp3) is 0.600. The van der Waals surface area contributed by atoms with Crippen LogP contribution in [0.25, 0.3) is 0 Å². The van der Waals surface area contributed by atoms with E-state index in [0.717, 1.165) is 50.5 Å². The van der Waals surface area contributed by atoms with Crippen LogP contribution in [0.4, 0.5) is 0 Å². The number of nitrogens with two attached hydrogens (primary N) is 1. The predicted octanol–water partition coefficient (Wildman–Crippen LogP) is 2.19. The highest BCUT2D eigenvalue weighted by molar-refractivity contribution is 5.44. The van der Waals surface area contributed by atoms with Crippen molar-refractivity contribution in [2.24, 2.45) is 5.73 Å². The Bertz CT molecular complexity index is 407. The Morgan fingerprint density at radius 2 is 1.95 bits per heavy atom. The number of benzene rings is 1. The Kier molecular flexibility index (Phi) is 5.05. The number of ether oxygens (including phenoxy) is 2. The summed E-state index contributed by atoms with van der Waals surface area (Å²) in [6.45, 7) is 2.19. The van der Waals surface area contributed by atoms with E-state index in [0.29, 0.717) is 6.04 Å². The van der Waals surface area contributed by atoms with Gasteiger partial charge in [-0.25, -0.2) is 0 Å². The van der Waals surface area contributed by atoms with Crippen LogP contribution in [0.15, 0.2) is 18.2 Å². The Morgan fingerprint density at radius 1 is 1.21 bits per heavy atom. The van der Waals surface area contributed by atoms with E-state index in [1.807, 2.05) is 6.07 Å². The molecule has 1 aliphatic rings. The smallest absolute Gasteiger partial charge is 0.161 e. The molecule has 1 aliphatic heterocycles. The van der Waals surface area contributed by atoms with Crippen molar-refractivity contribution in [2.75, 3.05) is 33.9 Å². The topological polar surface area (TPSA) is 47.7 Å². The molecule has 0 saturated heterocycles. The quantitative estimate of drug-likeness (QED) is 0.885. The first-order valence-corrected chi connectivity index (χ1v) is 6.98. The third-order valence-corrected chi connectivity index (χ3v) is 3.46. The molecule has 0 saturated carbocycles. The number of nitrogens with zero attached hydrogens (tertiary/aromatic N) is 1. The highest BCUT2D eigenvalue weighted by atomic mass is 16.5. The fourth-order valence-corrected chi connectivity index (χ4v) is 2.42. The molecule has 4 nitrogen and oxygen atoms in total. The molecule has 0 aliphatic carbocycles. The van der Waals surface area contributed by atoms with Crippen LogP contribution >= 0.6 is 0 Å². The Balaban J connectivity index is 2.20. The maximum absolute atomic E-state index is 5.76. The van der Waals surface area contributed by atoms with Crippen LogP contribution in [0, 0.1) is 0 Å². The lowest BCUT2D eigenvalue weighted by Crippen LogP contribution is -2.21. The minimum absolute atomic E-state index is 0.376. The zero-order valence-electron chi connectivity index (χ0n) is 11.9. The van der Waals surface area contributed by atoms with E-state index < -0.39 is 0 Å². The summed E-state index contributed by atoms with van der Waals surface area (Å²) in [5.41, 5.74) is 6.89. The SMILES string of the molecule is CN(C)C(CCCN)c1ccc2c(c1)OCCCO2. The zero-order valence-corrected chi connectivity index (χ0v) is 11.9. The summed E-state index contributed by atoms with van der Waals surface area (Å²) in [4.78, 5) is 2.23. The van der Waals surface area contributed by atoms with Crippen LogP contribution in [-0.4, -0.2) is 38.8 Å². The van der Waals surface area contributed by atoms with Crippen LogP contribution in [-0.2, 0) is 0 Å². The van der Waals surface area contributed by atoms with Gasteiger partial charge in [0, 0.05) is 12.5 Å².